The number of piperidine rings is 1. The van der Waals surface area contributed by atoms with Crippen molar-refractivity contribution >= 4 is 10.2 Å². The van der Waals surface area contributed by atoms with E-state index >= 15 is 0 Å². The first kappa shape index (κ1) is 15.8. The molecule has 1 N–H and O–H groups in total. The van der Waals surface area contributed by atoms with Gasteiger partial charge in [0.1, 0.15) is 0 Å². The van der Waals surface area contributed by atoms with E-state index < -0.39 is 10.2 Å². The average Bonchev–Trinajstić information content (AvgIpc) is 2.36. The minimum atomic E-state index is -3.37. The van der Waals surface area contributed by atoms with Crippen molar-refractivity contribution in [3.8, 4) is 0 Å². The molecule has 1 atom stereocenters. The summed E-state index contributed by atoms with van der Waals surface area (Å²) in [5, 5.41) is 0. The summed E-state index contributed by atoms with van der Waals surface area (Å²) < 4.78 is 38.3. The summed E-state index contributed by atoms with van der Waals surface area (Å²) in [5.74, 6) is 0.298. The zero-order chi connectivity index (χ0) is 13.4. The summed E-state index contributed by atoms with van der Waals surface area (Å²) >= 11 is 0. The first-order valence-corrected chi connectivity index (χ1v) is 7.85. The molecule has 6 nitrogen and oxygen atoms in total. The van der Waals surface area contributed by atoms with Crippen LogP contribution in [0.3, 0.4) is 0 Å². The number of hydrogen-bond acceptors (Lipinski definition) is 4. The third-order valence-corrected chi connectivity index (χ3v) is 4.54. The van der Waals surface area contributed by atoms with Crippen molar-refractivity contribution < 1.29 is 17.9 Å². The molecule has 0 radical (unpaired) electrons. The molecule has 108 valence electrons. The lowest BCUT2D eigenvalue weighted by Crippen LogP contribution is -2.47. The Kier molecular flexibility index (Phi) is 7.10. The molecule has 18 heavy (non-hydrogen) atoms. The van der Waals surface area contributed by atoms with Gasteiger partial charge in [-0.1, -0.05) is 0 Å². The maximum absolute atomic E-state index is 12.0. The van der Waals surface area contributed by atoms with Crippen LogP contribution in [0.1, 0.15) is 19.8 Å². The molecule has 1 saturated heterocycles. The van der Waals surface area contributed by atoms with Gasteiger partial charge in [0.2, 0.25) is 0 Å². The first-order chi connectivity index (χ1) is 8.60. The van der Waals surface area contributed by atoms with Crippen molar-refractivity contribution in [2.75, 3.05) is 46.6 Å². The molecule has 0 aromatic rings. The molecule has 0 aliphatic carbocycles. The number of methoxy groups -OCH3 is 1. The zero-order valence-electron chi connectivity index (χ0n) is 11.2. The highest BCUT2D eigenvalue weighted by molar-refractivity contribution is 7.87. The van der Waals surface area contributed by atoms with E-state index in [4.69, 9.17) is 9.47 Å². The summed E-state index contributed by atoms with van der Waals surface area (Å²) in [5.41, 5.74) is 0. The number of hydrogen-bond donors (Lipinski definition) is 1. The fourth-order valence-electron chi connectivity index (χ4n) is 2.10. The van der Waals surface area contributed by atoms with Gasteiger partial charge in [0.25, 0.3) is 10.2 Å². The van der Waals surface area contributed by atoms with Crippen LogP contribution >= 0.6 is 0 Å². The molecule has 1 heterocycles. The van der Waals surface area contributed by atoms with Crippen molar-refractivity contribution in [2.24, 2.45) is 5.92 Å². The van der Waals surface area contributed by atoms with Gasteiger partial charge in [0.05, 0.1) is 13.2 Å². The molecule has 1 aliphatic heterocycles. The minimum absolute atomic E-state index is 0.298. The van der Waals surface area contributed by atoms with Crippen LogP contribution in [0.2, 0.25) is 0 Å². The monoisotopic (exact) mass is 280 g/mol. The fourth-order valence-corrected chi connectivity index (χ4v) is 3.40. The summed E-state index contributed by atoms with van der Waals surface area (Å²) in [6.07, 6.45) is 1.92. The highest BCUT2D eigenvalue weighted by atomic mass is 32.2. The number of nitrogens with zero attached hydrogens (tertiary/aromatic N) is 1. The SMILES string of the molecule is CCOCCNS(=O)(=O)N1CCCC(COC)C1. The highest BCUT2D eigenvalue weighted by Gasteiger charge is 2.28. The molecule has 1 aliphatic rings. The molecule has 1 rings (SSSR count). The second-order valence-corrected chi connectivity index (χ2v) is 6.17. The molecule has 0 aromatic carbocycles. The van der Waals surface area contributed by atoms with E-state index in [0.29, 0.717) is 45.4 Å². The smallest absolute Gasteiger partial charge is 0.279 e. The standard InChI is InChI=1S/C11H24N2O4S/c1-3-17-8-6-12-18(14,15)13-7-4-5-11(9-13)10-16-2/h11-12H,3-10H2,1-2H3. The Morgan fingerprint density at radius 2 is 2.22 bits per heavy atom. The predicted octanol–water partition coefficient (Wildman–Crippen LogP) is 0.216. The van der Waals surface area contributed by atoms with Crippen LogP contribution in [-0.4, -0.2) is 59.3 Å². The molecule has 0 aromatic heterocycles. The zero-order valence-corrected chi connectivity index (χ0v) is 12.0. The van der Waals surface area contributed by atoms with Crippen LogP contribution in [0.25, 0.3) is 0 Å². The van der Waals surface area contributed by atoms with Crippen LogP contribution in [0.4, 0.5) is 0 Å². The van der Waals surface area contributed by atoms with Gasteiger partial charge in [-0.15, -0.1) is 0 Å². The summed E-state index contributed by atoms with van der Waals surface area (Å²) in [4.78, 5) is 0. The Balaban J connectivity index is 2.40. The molecule has 0 spiro atoms. The van der Waals surface area contributed by atoms with Gasteiger partial charge in [-0.3, -0.25) is 0 Å². The van der Waals surface area contributed by atoms with Gasteiger partial charge in [0.15, 0.2) is 0 Å². The molecule has 1 fully saturated rings. The van der Waals surface area contributed by atoms with E-state index in [-0.39, 0.29) is 0 Å². The third-order valence-electron chi connectivity index (χ3n) is 2.96. The fraction of sp³-hybridized carbons (Fsp3) is 1.00. The van der Waals surface area contributed by atoms with E-state index in [1.165, 1.54) is 4.31 Å². The van der Waals surface area contributed by atoms with Crippen molar-refractivity contribution in [3.05, 3.63) is 0 Å². The van der Waals surface area contributed by atoms with Gasteiger partial charge in [-0.05, 0) is 25.7 Å². The summed E-state index contributed by atoms with van der Waals surface area (Å²) in [7, 11) is -1.72. The van der Waals surface area contributed by atoms with Gasteiger partial charge < -0.3 is 9.47 Å². The molecule has 0 amide bonds. The Hall–Kier alpha value is -0.210. The second kappa shape index (κ2) is 8.06. The Morgan fingerprint density at radius 1 is 1.44 bits per heavy atom. The number of nitrogens with one attached hydrogen (secondary N) is 1. The Morgan fingerprint density at radius 3 is 2.89 bits per heavy atom. The van der Waals surface area contributed by atoms with Crippen LogP contribution in [0.5, 0.6) is 0 Å². The maximum Gasteiger partial charge on any atom is 0.279 e. The van der Waals surface area contributed by atoms with Crippen molar-refractivity contribution in [1.29, 1.82) is 0 Å². The van der Waals surface area contributed by atoms with Crippen LogP contribution < -0.4 is 4.72 Å². The van der Waals surface area contributed by atoms with E-state index in [1.54, 1.807) is 7.11 Å². The lowest BCUT2D eigenvalue weighted by atomic mass is 10.0. The second-order valence-electron chi connectivity index (χ2n) is 4.42. The van der Waals surface area contributed by atoms with E-state index in [1.807, 2.05) is 6.92 Å². The van der Waals surface area contributed by atoms with Crippen molar-refractivity contribution in [3.63, 3.8) is 0 Å². The normalized spacial score (nSPS) is 22.2. The molecular formula is C11H24N2O4S. The number of ether oxygens (including phenoxy) is 2. The lowest BCUT2D eigenvalue weighted by molar-refractivity contribution is 0.117. The molecule has 0 saturated carbocycles. The molecular weight excluding hydrogens is 256 g/mol. The third kappa shape index (κ3) is 5.19. The van der Waals surface area contributed by atoms with Crippen LogP contribution in [0.15, 0.2) is 0 Å². The van der Waals surface area contributed by atoms with Gasteiger partial charge in [-0.2, -0.15) is 17.4 Å². The van der Waals surface area contributed by atoms with Crippen molar-refractivity contribution in [2.45, 2.75) is 19.8 Å². The van der Waals surface area contributed by atoms with Crippen molar-refractivity contribution in [1.82, 2.24) is 9.03 Å². The van der Waals surface area contributed by atoms with E-state index in [2.05, 4.69) is 4.72 Å². The summed E-state index contributed by atoms with van der Waals surface area (Å²) in [6, 6.07) is 0. The van der Waals surface area contributed by atoms with Gasteiger partial charge in [0, 0.05) is 33.4 Å². The van der Waals surface area contributed by atoms with Crippen LogP contribution in [0, 0.1) is 5.92 Å². The number of rotatable bonds is 8. The van der Waals surface area contributed by atoms with Gasteiger partial charge in [-0.25, -0.2) is 0 Å². The van der Waals surface area contributed by atoms with Gasteiger partial charge >= 0.3 is 0 Å². The Labute approximate surface area is 110 Å². The molecule has 1 unspecified atom stereocenters. The molecule has 7 heteroatoms. The minimum Gasteiger partial charge on any atom is -0.384 e. The van der Waals surface area contributed by atoms with E-state index in [0.717, 1.165) is 12.8 Å². The first-order valence-electron chi connectivity index (χ1n) is 6.41. The van der Waals surface area contributed by atoms with E-state index in [9.17, 15) is 8.42 Å². The predicted molar refractivity (Wildman–Crippen MR) is 69.6 cm³/mol. The Bertz CT molecular complexity index is 319. The van der Waals surface area contributed by atoms with Crippen LogP contribution in [-0.2, 0) is 19.7 Å². The maximum atomic E-state index is 12.0. The largest absolute Gasteiger partial charge is 0.384 e. The average molecular weight is 280 g/mol. The summed E-state index contributed by atoms with van der Waals surface area (Å²) in [6.45, 7) is 4.95. The highest BCUT2D eigenvalue weighted by Crippen LogP contribution is 2.18. The topological polar surface area (TPSA) is 67.9 Å². The quantitative estimate of drug-likeness (QED) is 0.646. The molecule has 0 bridgehead atoms. The lowest BCUT2D eigenvalue weighted by Gasteiger charge is -2.31.